The molecule has 6 heteroatoms. The normalized spacial score (nSPS) is 12.2. The van der Waals surface area contributed by atoms with Gasteiger partial charge in [-0.25, -0.2) is 17.2 Å². The van der Waals surface area contributed by atoms with Crippen LogP contribution in [0, 0.1) is 5.82 Å². The number of hydrogen-bond donors (Lipinski definition) is 1. The fraction of sp³-hybridized carbons (Fsp3) is 0. The van der Waals surface area contributed by atoms with Gasteiger partial charge in [-0.2, -0.15) is 0 Å². The van der Waals surface area contributed by atoms with Gasteiger partial charge >= 0.3 is 0 Å². The number of anilines is 1. The third kappa shape index (κ3) is 3.64. The standard InChI is InChI=1S/C14H11F2NO2S/c15-13-9-5-4-8-12(13)14(16)10-20(18,19)17-11-6-2-1-3-7-11/h1-10,17H. The molecule has 0 unspecified atom stereocenters. The Hall–Kier alpha value is -2.21. The molecule has 3 nitrogen and oxygen atoms in total. The number of sulfonamides is 1. The largest absolute Gasteiger partial charge is 0.280 e. The number of rotatable bonds is 4. The van der Waals surface area contributed by atoms with Crippen molar-refractivity contribution >= 4 is 21.5 Å². The summed E-state index contributed by atoms with van der Waals surface area (Å²) >= 11 is 0. The van der Waals surface area contributed by atoms with Crippen LogP contribution in [0.15, 0.2) is 60.0 Å². The fourth-order valence-electron chi connectivity index (χ4n) is 1.55. The topological polar surface area (TPSA) is 46.2 Å². The summed E-state index contributed by atoms with van der Waals surface area (Å²) in [7, 11) is -4.05. The molecule has 0 aliphatic heterocycles. The molecule has 0 aliphatic carbocycles. The minimum atomic E-state index is -4.05. The highest BCUT2D eigenvalue weighted by molar-refractivity contribution is 7.95. The fourth-order valence-corrected chi connectivity index (χ4v) is 2.48. The van der Waals surface area contributed by atoms with Crippen LogP contribution in [-0.4, -0.2) is 8.42 Å². The lowest BCUT2D eigenvalue weighted by Crippen LogP contribution is -2.09. The van der Waals surface area contributed by atoms with Crippen molar-refractivity contribution in [2.75, 3.05) is 4.72 Å². The summed E-state index contributed by atoms with van der Waals surface area (Å²) in [6, 6.07) is 13.1. The minimum absolute atomic E-state index is 0.296. The Morgan fingerprint density at radius 3 is 2.25 bits per heavy atom. The van der Waals surface area contributed by atoms with Gasteiger partial charge in [0.1, 0.15) is 11.6 Å². The maximum Gasteiger partial charge on any atom is 0.257 e. The van der Waals surface area contributed by atoms with E-state index in [4.69, 9.17) is 0 Å². The van der Waals surface area contributed by atoms with Gasteiger partial charge in [-0.05, 0) is 24.3 Å². The monoisotopic (exact) mass is 295 g/mol. The predicted octanol–water partition coefficient (Wildman–Crippen LogP) is 3.54. The first-order valence-corrected chi connectivity index (χ1v) is 7.22. The third-order valence-corrected chi connectivity index (χ3v) is 3.46. The van der Waals surface area contributed by atoms with Gasteiger partial charge in [-0.1, -0.05) is 30.3 Å². The molecule has 0 heterocycles. The zero-order valence-corrected chi connectivity index (χ0v) is 11.1. The Balaban J connectivity index is 2.27. The molecular weight excluding hydrogens is 284 g/mol. The molecule has 0 atom stereocenters. The van der Waals surface area contributed by atoms with Crippen molar-refractivity contribution in [3.63, 3.8) is 0 Å². The van der Waals surface area contributed by atoms with Gasteiger partial charge in [-0.15, -0.1) is 0 Å². The molecule has 104 valence electrons. The number of halogens is 2. The molecule has 0 amide bonds. The van der Waals surface area contributed by atoms with E-state index in [1.165, 1.54) is 30.3 Å². The number of nitrogens with one attached hydrogen (secondary N) is 1. The molecule has 0 aromatic heterocycles. The van der Waals surface area contributed by atoms with E-state index in [-0.39, 0.29) is 0 Å². The summed E-state index contributed by atoms with van der Waals surface area (Å²) in [4.78, 5) is 0. The Morgan fingerprint density at radius 1 is 1.00 bits per heavy atom. The van der Waals surface area contributed by atoms with E-state index in [9.17, 15) is 17.2 Å². The van der Waals surface area contributed by atoms with Crippen LogP contribution in [0.1, 0.15) is 5.56 Å². The lowest BCUT2D eigenvalue weighted by Gasteiger charge is -2.05. The lowest BCUT2D eigenvalue weighted by molar-refractivity contribution is 0.607. The van der Waals surface area contributed by atoms with E-state index in [1.54, 1.807) is 18.2 Å². The summed E-state index contributed by atoms with van der Waals surface area (Å²) in [5.41, 5.74) is -0.101. The van der Waals surface area contributed by atoms with Crippen LogP contribution in [0.3, 0.4) is 0 Å². The Morgan fingerprint density at radius 2 is 1.60 bits per heavy atom. The zero-order chi connectivity index (χ0) is 14.6. The molecule has 20 heavy (non-hydrogen) atoms. The minimum Gasteiger partial charge on any atom is -0.280 e. The smallest absolute Gasteiger partial charge is 0.257 e. The average Bonchev–Trinajstić information content (AvgIpc) is 2.39. The number of benzene rings is 2. The molecule has 0 saturated carbocycles. The van der Waals surface area contributed by atoms with Gasteiger partial charge in [0.2, 0.25) is 0 Å². The first-order chi connectivity index (χ1) is 9.48. The third-order valence-electron chi connectivity index (χ3n) is 2.42. The second-order valence-electron chi connectivity index (χ2n) is 3.96. The van der Waals surface area contributed by atoms with Gasteiger partial charge in [0.05, 0.1) is 5.41 Å². The molecule has 0 aliphatic rings. The highest BCUT2D eigenvalue weighted by Gasteiger charge is 2.13. The number of para-hydroxylation sites is 1. The van der Waals surface area contributed by atoms with Crippen molar-refractivity contribution in [3.8, 4) is 0 Å². The van der Waals surface area contributed by atoms with Gasteiger partial charge in [0.25, 0.3) is 10.0 Å². The van der Waals surface area contributed by atoms with Crippen molar-refractivity contribution in [3.05, 3.63) is 71.4 Å². The van der Waals surface area contributed by atoms with Crippen LogP contribution in [0.4, 0.5) is 14.5 Å². The average molecular weight is 295 g/mol. The lowest BCUT2D eigenvalue weighted by atomic mass is 10.2. The van der Waals surface area contributed by atoms with Crippen molar-refractivity contribution in [1.29, 1.82) is 0 Å². The highest BCUT2D eigenvalue weighted by atomic mass is 32.2. The summed E-state index contributed by atoms with van der Waals surface area (Å²) < 4.78 is 52.8. The first kappa shape index (κ1) is 14.2. The van der Waals surface area contributed by atoms with Crippen LogP contribution in [0.25, 0.3) is 5.83 Å². The van der Waals surface area contributed by atoms with E-state index < -0.39 is 27.2 Å². The maximum absolute atomic E-state index is 13.8. The quantitative estimate of drug-likeness (QED) is 0.937. The van der Waals surface area contributed by atoms with E-state index in [1.807, 2.05) is 0 Å². The Bertz CT molecular complexity index is 728. The van der Waals surface area contributed by atoms with E-state index in [0.29, 0.717) is 11.1 Å². The molecule has 0 radical (unpaired) electrons. The van der Waals surface area contributed by atoms with E-state index in [0.717, 1.165) is 6.07 Å². The summed E-state index contributed by atoms with van der Waals surface area (Å²) in [6.45, 7) is 0. The van der Waals surface area contributed by atoms with E-state index >= 15 is 0 Å². The van der Waals surface area contributed by atoms with Crippen LogP contribution >= 0.6 is 0 Å². The van der Waals surface area contributed by atoms with Crippen LogP contribution in [0.2, 0.25) is 0 Å². The van der Waals surface area contributed by atoms with Gasteiger partial charge in [0, 0.05) is 11.3 Å². The zero-order valence-electron chi connectivity index (χ0n) is 10.3. The molecule has 0 saturated heterocycles. The van der Waals surface area contributed by atoms with Crippen molar-refractivity contribution < 1.29 is 17.2 Å². The van der Waals surface area contributed by atoms with Gasteiger partial charge < -0.3 is 0 Å². The summed E-state index contributed by atoms with van der Waals surface area (Å²) in [6.07, 6.45) is 0. The van der Waals surface area contributed by atoms with E-state index in [2.05, 4.69) is 4.72 Å². The SMILES string of the molecule is O=S(=O)(C=C(F)c1ccccc1F)Nc1ccccc1. The van der Waals surface area contributed by atoms with Crippen molar-refractivity contribution in [2.45, 2.75) is 0 Å². The number of hydrogen-bond acceptors (Lipinski definition) is 2. The molecule has 2 aromatic rings. The van der Waals surface area contributed by atoms with Crippen molar-refractivity contribution in [1.82, 2.24) is 0 Å². The second-order valence-corrected chi connectivity index (χ2v) is 5.49. The molecule has 2 rings (SSSR count). The molecule has 0 spiro atoms. The van der Waals surface area contributed by atoms with Crippen molar-refractivity contribution in [2.24, 2.45) is 0 Å². The molecular formula is C14H11F2NO2S. The van der Waals surface area contributed by atoms with Gasteiger partial charge in [0.15, 0.2) is 0 Å². The molecule has 2 aromatic carbocycles. The first-order valence-electron chi connectivity index (χ1n) is 5.68. The summed E-state index contributed by atoms with van der Waals surface area (Å²) in [5, 5.41) is 0.360. The maximum atomic E-state index is 13.8. The molecule has 1 N–H and O–H groups in total. The predicted molar refractivity (Wildman–Crippen MR) is 74.5 cm³/mol. The Kier molecular flexibility index (Phi) is 4.14. The Labute approximate surface area is 115 Å². The summed E-state index contributed by atoms with van der Waals surface area (Å²) in [5.74, 6) is -1.98. The second kappa shape index (κ2) is 5.83. The molecule has 0 bridgehead atoms. The van der Waals surface area contributed by atoms with Gasteiger partial charge in [-0.3, -0.25) is 4.72 Å². The van der Waals surface area contributed by atoms with Crippen LogP contribution in [-0.2, 0) is 10.0 Å². The van der Waals surface area contributed by atoms with Crippen LogP contribution in [0.5, 0.6) is 0 Å². The molecule has 0 fully saturated rings. The highest BCUT2D eigenvalue weighted by Crippen LogP contribution is 2.21. The van der Waals surface area contributed by atoms with Crippen LogP contribution < -0.4 is 4.72 Å².